The lowest BCUT2D eigenvalue weighted by atomic mass is 10.1. The topological polar surface area (TPSA) is 56.8 Å². The predicted octanol–water partition coefficient (Wildman–Crippen LogP) is 3.97. The summed E-state index contributed by atoms with van der Waals surface area (Å²) >= 11 is 6.09. The van der Waals surface area contributed by atoms with Crippen LogP contribution in [0.25, 0.3) is 0 Å². The third kappa shape index (κ3) is 3.09. The van der Waals surface area contributed by atoms with Gasteiger partial charge in [-0.15, -0.1) is 0 Å². The van der Waals surface area contributed by atoms with Crippen molar-refractivity contribution in [3.8, 4) is 17.9 Å². The van der Waals surface area contributed by atoms with Gasteiger partial charge in [0.05, 0.1) is 23.3 Å². The third-order valence-electron chi connectivity index (χ3n) is 2.88. The molecular weight excluding hydrogens is 272 g/mol. The van der Waals surface area contributed by atoms with Gasteiger partial charge in [0.2, 0.25) is 0 Å². The highest BCUT2D eigenvalue weighted by atomic mass is 35.5. The summed E-state index contributed by atoms with van der Waals surface area (Å²) in [5.74, 6) is 0.657. The van der Waals surface area contributed by atoms with Crippen LogP contribution in [0.5, 0.6) is 5.75 Å². The molecule has 0 aliphatic heterocycles. The molecule has 0 amide bonds. The zero-order valence-electron chi connectivity index (χ0n) is 10.9. The minimum absolute atomic E-state index is 0.292. The average molecular weight is 283 g/mol. The summed E-state index contributed by atoms with van der Waals surface area (Å²) in [5, 5.41) is 18.2. The Morgan fingerprint density at radius 3 is 2.35 bits per heavy atom. The summed E-state index contributed by atoms with van der Waals surface area (Å²) in [6.45, 7) is 2.21. The second-order valence-electron chi connectivity index (χ2n) is 4.30. The fourth-order valence-corrected chi connectivity index (χ4v) is 1.95. The summed E-state index contributed by atoms with van der Waals surface area (Å²) < 4.78 is 5.70. The van der Waals surface area contributed by atoms with E-state index in [9.17, 15) is 0 Å². The minimum Gasteiger partial charge on any atom is -0.489 e. The summed E-state index contributed by atoms with van der Waals surface area (Å²) in [5.41, 5.74) is 2.82. The number of rotatable bonds is 3. The van der Waals surface area contributed by atoms with Crippen molar-refractivity contribution >= 4 is 11.6 Å². The first kappa shape index (κ1) is 13.9. The number of halogens is 1. The number of benzene rings is 2. The first-order chi connectivity index (χ1) is 9.63. The van der Waals surface area contributed by atoms with Crippen LogP contribution in [0.3, 0.4) is 0 Å². The predicted molar refractivity (Wildman–Crippen MR) is 76.4 cm³/mol. The maximum Gasteiger partial charge on any atom is 0.124 e. The van der Waals surface area contributed by atoms with Crippen molar-refractivity contribution in [3.63, 3.8) is 0 Å². The molecule has 0 heterocycles. The standard InChI is InChI=1S/C16H11ClN2O/c1-11-2-3-13(9-19)7-16(11)20-10-14-5-4-12(8-18)6-15(14)17/h2-7H,10H2,1H3. The summed E-state index contributed by atoms with van der Waals surface area (Å²) in [6.07, 6.45) is 0. The quantitative estimate of drug-likeness (QED) is 0.856. The highest BCUT2D eigenvalue weighted by Gasteiger charge is 2.05. The zero-order chi connectivity index (χ0) is 14.5. The van der Waals surface area contributed by atoms with E-state index >= 15 is 0 Å². The molecule has 3 nitrogen and oxygen atoms in total. The number of hydrogen-bond donors (Lipinski definition) is 0. The summed E-state index contributed by atoms with van der Waals surface area (Å²) in [6, 6.07) is 14.5. The van der Waals surface area contributed by atoms with Crippen LogP contribution in [0.4, 0.5) is 0 Å². The van der Waals surface area contributed by atoms with Crippen LogP contribution in [0.15, 0.2) is 36.4 Å². The van der Waals surface area contributed by atoms with Crippen molar-refractivity contribution in [2.45, 2.75) is 13.5 Å². The Morgan fingerprint density at radius 1 is 1.05 bits per heavy atom. The molecule has 98 valence electrons. The second-order valence-corrected chi connectivity index (χ2v) is 4.71. The van der Waals surface area contributed by atoms with E-state index in [0.29, 0.717) is 28.5 Å². The number of nitrogens with zero attached hydrogens (tertiary/aromatic N) is 2. The summed E-state index contributed by atoms with van der Waals surface area (Å²) in [4.78, 5) is 0. The van der Waals surface area contributed by atoms with E-state index in [2.05, 4.69) is 6.07 Å². The molecule has 0 aliphatic carbocycles. The van der Waals surface area contributed by atoms with E-state index in [0.717, 1.165) is 11.1 Å². The number of nitriles is 2. The van der Waals surface area contributed by atoms with Crippen molar-refractivity contribution in [3.05, 3.63) is 63.7 Å². The van der Waals surface area contributed by atoms with Gasteiger partial charge in [0.25, 0.3) is 0 Å². The Labute approximate surface area is 122 Å². The Bertz CT molecular complexity index is 726. The van der Waals surface area contributed by atoms with Gasteiger partial charge in [-0.25, -0.2) is 0 Å². The number of aryl methyl sites for hydroxylation is 1. The Balaban J connectivity index is 2.17. The van der Waals surface area contributed by atoms with Crippen molar-refractivity contribution in [2.75, 3.05) is 0 Å². The molecule has 4 heteroatoms. The van der Waals surface area contributed by atoms with Gasteiger partial charge in [-0.2, -0.15) is 10.5 Å². The first-order valence-electron chi connectivity index (χ1n) is 5.96. The van der Waals surface area contributed by atoms with Crippen LogP contribution in [0.1, 0.15) is 22.3 Å². The molecule has 0 spiro atoms. The molecule has 0 radical (unpaired) electrons. The SMILES string of the molecule is Cc1ccc(C#N)cc1OCc1ccc(C#N)cc1Cl. The number of ether oxygens (including phenoxy) is 1. The summed E-state index contributed by atoms with van der Waals surface area (Å²) in [7, 11) is 0. The largest absolute Gasteiger partial charge is 0.489 e. The molecule has 2 aromatic rings. The van der Waals surface area contributed by atoms with Gasteiger partial charge < -0.3 is 4.74 Å². The van der Waals surface area contributed by atoms with Gasteiger partial charge in [0, 0.05) is 10.6 Å². The van der Waals surface area contributed by atoms with Gasteiger partial charge in [0.15, 0.2) is 0 Å². The van der Waals surface area contributed by atoms with E-state index in [1.165, 1.54) is 0 Å². The molecule has 0 unspecified atom stereocenters. The van der Waals surface area contributed by atoms with Crippen LogP contribution < -0.4 is 4.74 Å². The molecule has 2 aromatic carbocycles. The molecule has 0 aliphatic rings. The van der Waals surface area contributed by atoms with Crippen molar-refractivity contribution in [1.29, 1.82) is 10.5 Å². The van der Waals surface area contributed by atoms with E-state index in [1.807, 2.05) is 19.1 Å². The van der Waals surface area contributed by atoms with E-state index in [-0.39, 0.29) is 0 Å². The van der Waals surface area contributed by atoms with Gasteiger partial charge in [-0.3, -0.25) is 0 Å². The highest BCUT2D eigenvalue weighted by Crippen LogP contribution is 2.23. The fraction of sp³-hybridized carbons (Fsp3) is 0.125. The van der Waals surface area contributed by atoms with Gasteiger partial charge in [-0.1, -0.05) is 23.7 Å². The van der Waals surface area contributed by atoms with Crippen molar-refractivity contribution < 1.29 is 4.74 Å². The normalized spacial score (nSPS) is 9.60. The average Bonchev–Trinajstić information content (AvgIpc) is 2.47. The smallest absolute Gasteiger partial charge is 0.124 e. The Kier molecular flexibility index (Phi) is 4.25. The fourth-order valence-electron chi connectivity index (χ4n) is 1.71. The molecule has 20 heavy (non-hydrogen) atoms. The monoisotopic (exact) mass is 282 g/mol. The minimum atomic E-state index is 0.292. The maximum atomic E-state index is 8.88. The van der Waals surface area contributed by atoms with Crippen LogP contribution >= 0.6 is 11.6 Å². The molecular formula is C16H11ClN2O. The van der Waals surface area contributed by atoms with Crippen molar-refractivity contribution in [2.24, 2.45) is 0 Å². The zero-order valence-corrected chi connectivity index (χ0v) is 11.6. The highest BCUT2D eigenvalue weighted by molar-refractivity contribution is 6.31. The van der Waals surface area contributed by atoms with Crippen LogP contribution in [0, 0.1) is 29.6 Å². The lowest BCUT2D eigenvalue weighted by Crippen LogP contribution is -1.98. The van der Waals surface area contributed by atoms with Crippen LogP contribution in [-0.4, -0.2) is 0 Å². The Hall–Kier alpha value is -2.49. The van der Waals surface area contributed by atoms with Crippen LogP contribution in [0.2, 0.25) is 5.02 Å². The lowest BCUT2D eigenvalue weighted by Gasteiger charge is -2.10. The maximum absolute atomic E-state index is 8.88. The van der Waals surface area contributed by atoms with Gasteiger partial charge in [0.1, 0.15) is 12.4 Å². The van der Waals surface area contributed by atoms with Gasteiger partial charge >= 0.3 is 0 Å². The molecule has 0 N–H and O–H groups in total. The van der Waals surface area contributed by atoms with Crippen molar-refractivity contribution in [1.82, 2.24) is 0 Å². The van der Waals surface area contributed by atoms with E-state index in [4.69, 9.17) is 26.9 Å². The molecule has 0 atom stereocenters. The second kappa shape index (κ2) is 6.10. The molecule has 2 rings (SSSR count). The molecule has 0 bridgehead atoms. The molecule has 0 saturated carbocycles. The lowest BCUT2D eigenvalue weighted by molar-refractivity contribution is 0.304. The first-order valence-corrected chi connectivity index (χ1v) is 6.34. The Morgan fingerprint density at radius 2 is 1.70 bits per heavy atom. The van der Waals surface area contributed by atoms with E-state index < -0.39 is 0 Å². The molecule has 0 fully saturated rings. The van der Waals surface area contributed by atoms with Gasteiger partial charge in [-0.05, 0) is 36.8 Å². The number of hydrogen-bond acceptors (Lipinski definition) is 3. The van der Waals surface area contributed by atoms with E-state index in [1.54, 1.807) is 30.3 Å². The molecule has 0 aromatic heterocycles. The third-order valence-corrected chi connectivity index (χ3v) is 3.23. The van der Waals surface area contributed by atoms with Crippen LogP contribution in [-0.2, 0) is 6.61 Å². The molecule has 0 saturated heterocycles.